The molecule has 4 aromatic rings. The number of amides is 1. The van der Waals surface area contributed by atoms with Crippen molar-refractivity contribution in [3.05, 3.63) is 82.8 Å². The number of aryl methyl sites for hydroxylation is 2. The number of hydrogen-bond acceptors (Lipinski definition) is 5. The SMILES string of the molecule is COc1cncc(-c2cn(-c3cc(C(=O)Nc4cc(CCC(C)C)c(C)c(C(F)(F)F)c4)ccc3C)nn2)c1. The highest BCUT2D eigenvalue weighted by Crippen LogP contribution is 2.36. The Morgan fingerprint density at radius 3 is 2.56 bits per heavy atom. The maximum absolute atomic E-state index is 13.8. The van der Waals surface area contributed by atoms with Crippen LogP contribution >= 0.6 is 0 Å². The van der Waals surface area contributed by atoms with Gasteiger partial charge in [0.2, 0.25) is 0 Å². The van der Waals surface area contributed by atoms with Gasteiger partial charge >= 0.3 is 6.18 Å². The molecule has 0 aliphatic rings. The molecule has 2 aromatic heterocycles. The number of nitrogens with one attached hydrogen (secondary N) is 1. The van der Waals surface area contributed by atoms with E-state index in [0.717, 1.165) is 18.1 Å². The monoisotopic (exact) mass is 537 g/mol. The van der Waals surface area contributed by atoms with Crippen molar-refractivity contribution in [1.29, 1.82) is 0 Å². The maximum Gasteiger partial charge on any atom is 0.416 e. The highest BCUT2D eigenvalue weighted by atomic mass is 19.4. The van der Waals surface area contributed by atoms with Crippen LogP contribution in [0.3, 0.4) is 0 Å². The Hall–Kier alpha value is -4.21. The zero-order chi connectivity index (χ0) is 28.3. The lowest BCUT2D eigenvalue weighted by atomic mass is 9.94. The number of pyridine rings is 1. The van der Waals surface area contributed by atoms with Crippen molar-refractivity contribution >= 4 is 11.6 Å². The molecule has 1 amide bonds. The van der Waals surface area contributed by atoms with Crippen molar-refractivity contribution < 1.29 is 22.7 Å². The molecule has 0 spiro atoms. The van der Waals surface area contributed by atoms with Gasteiger partial charge in [0.1, 0.15) is 11.4 Å². The number of nitrogens with zero attached hydrogens (tertiary/aromatic N) is 4. The lowest BCUT2D eigenvalue weighted by molar-refractivity contribution is -0.138. The standard InChI is InChI=1S/C29H30F3N5O2/c1-17(2)6-8-20-10-23(13-25(19(20)4)29(30,31)32)34-28(38)21-9-7-18(3)27(12-21)37-16-26(35-36-37)22-11-24(39-5)15-33-14-22/h7,9-17H,6,8H2,1-5H3,(H,34,38). The first kappa shape index (κ1) is 27.8. The van der Waals surface area contributed by atoms with Gasteiger partial charge < -0.3 is 10.1 Å². The second-order valence-corrected chi connectivity index (χ2v) is 9.86. The average Bonchev–Trinajstić information content (AvgIpc) is 3.38. The summed E-state index contributed by atoms with van der Waals surface area (Å²) in [5.74, 6) is 0.384. The van der Waals surface area contributed by atoms with Gasteiger partial charge in [-0.1, -0.05) is 25.1 Å². The van der Waals surface area contributed by atoms with Crippen molar-refractivity contribution in [3.8, 4) is 22.7 Å². The molecule has 1 N–H and O–H groups in total. The van der Waals surface area contributed by atoms with Crippen LogP contribution in [-0.2, 0) is 12.6 Å². The second kappa shape index (κ2) is 11.3. The molecule has 2 heterocycles. The molecule has 2 aromatic carbocycles. The van der Waals surface area contributed by atoms with Crippen molar-refractivity contribution in [2.75, 3.05) is 12.4 Å². The number of hydrogen-bond donors (Lipinski definition) is 1. The summed E-state index contributed by atoms with van der Waals surface area (Å²) < 4.78 is 48.1. The predicted octanol–water partition coefficient (Wildman–Crippen LogP) is 6.81. The average molecular weight is 538 g/mol. The predicted molar refractivity (Wildman–Crippen MR) is 143 cm³/mol. The number of carbonyl (C=O) groups excluding carboxylic acids is 1. The molecular formula is C29H30F3N5O2. The maximum atomic E-state index is 13.8. The summed E-state index contributed by atoms with van der Waals surface area (Å²) >= 11 is 0. The summed E-state index contributed by atoms with van der Waals surface area (Å²) in [6.45, 7) is 7.38. The molecule has 0 atom stereocenters. The van der Waals surface area contributed by atoms with E-state index in [2.05, 4.69) is 20.6 Å². The minimum atomic E-state index is -4.53. The Morgan fingerprint density at radius 2 is 1.87 bits per heavy atom. The highest BCUT2D eigenvalue weighted by Gasteiger charge is 2.34. The Labute approximate surface area is 225 Å². The van der Waals surface area contributed by atoms with Gasteiger partial charge in [0.15, 0.2) is 0 Å². The third kappa shape index (κ3) is 6.45. The normalized spacial score (nSPS) is 11.6. The minimum Gasteiger partial charge on any atom is -0.495 e. The van der Waals surface area contributed by atoms with Crippen LogP contribution in [0, 0.1) is 19.8 Å². The lowest BCUT2D eigenvalue weighted by Crippen LogP contribution is -2.16. The van der Waals surface area contributed by atoms with Crippen LogP contribution in [0.2, 0.25) is 0 Å². The van der Waals surface area contributed by atoms with Crippen LogP contribution in [0.4, 0.5) is 18.9 Å². The van der Waals surface area contributed by atoms with Crippen LogP contribution in [0.5, 0.6) is 5.75 Å². The highest BCUT2D eigenvalue weighted by molar-refractivity contribution is 6.04. The quantitative estimate of drug-likeness (QED) is 0.267. The Morgan fingerprint density at radius 1 is 1.10 bits per heavy atom. The Balaban J connectivity index is 1.63. The molecule has 0 bridgehead atoms. The van der Waals surface area contributed by atoms with Crippen molar-refractivity contribution in [2.24, 2.45) is 5.92 Å². The van der Waals surface area contributed by atoms with Crippen LogP contribution in [-0.4, -0.2) is 33.0 Å². The van der Waals surface area contributed by atoms with Crippen LogP contribution < -0.4 is 10.1 Å². The molecule has 39 heavy (non-hydrogen) atoms. The molecule has 4 rings (SSSR count). The second-order valence-electron chi connectivity index (χ2n) is 9.86. The summed E-state index contributed by atoms with van der Waals surface area (Å²) in [6.07, 6.45) is 1.62. The molecule has 0 aliphatic carbocycles. The van der Waals surface area contributed by atoms with Gasteiger partial charge in [0, 0.05) is 23.0 Å². The van der Waals surface area contributed by atoms with E-state index in [4.69, 9.17) is 4.74 Å². The number of methoxy groups -OCH3 is 1. The molecule has 0 fully saturated rings. The molecule has 7 nitrogen and oxygen atoms in total. The number of alkyl halides is 3. The van der Waals surface area contributed by atoms with E-state index < -0.39 is 17.6 Å². The van der Waals surface area contributed by atoms with Gasteiger partial charge in [0.05, 0.1) is 30.8 Å². The number of carbonyl (C=O) groups is 1. The van der Waals surface area contributed by atoms with Gasteiger partial charge in [-0.2, -0.15) is 13.2 Å². The topological polar surface area (TPSA) is 81.9 Å². The van der Waals surface area contributed by atoms with Crippen molar-refractivity contribution in [3.63, 3.8) is 0 Å². The minimum absolute atomic E-state index is 0.104. The zero-order valence-corrected chi connectivity index (χ0v) is 22.4. The summed E-state index contributed by atoms with van der Waals surface area (Å²) in [7, 11) is 1.55. The molecule has 0 saturated carbocycles. The number of benzene rings is 2. The Bertz CT molecular complexity index is 1490. The Kier molecular flexibility index (Phi) is 8.03. The first-order chi connectivity index (χ1) is 18.5. The molecule has 0 aliphatic heterocycles. The van der Waals surface area contributed by atoms with Crippen LogP contribution in [0.15, 0.2) is 55.0 Å². The summed E-state index contributed by atoms with van der Waals surface area (Å²) in [5.41, 5.74) is 3.09. The van der Waals surface area contributed by atoms with Gasteiger partial charge in [0.25, 0.3) is 5.91 Å². The third-order valence-corrected chi connectivity index (χ3v) is 6.53. The fourth-order valence-corrected chi connectivity index (χ4v) is 4.23. The number of rotatable bonds is 8. The molecule has 0 saturated heterocycles. The van der Waals surface area contributed by atoms with E-state index in [0.29, 0.717) is 40.6 Å². The van der Waals surface area contributed by atoms with Crippen molar-refractivity contribution in [1.82, 2.24) is 20.0 Å². The largest absolute Gasteiger partial charge is 0.495 e. The smallest absolute Gasteiger partial charge is 0.416 e. The van der Waals surface area contributed by atoms with Gasteiger partial charge in [-0.15, -0.1) is 5.10 Å². The van der Waals surface area contributed by atoms with Crippen molar-refractivity contribution in [2.45, 2.75) is 46.7 Å². The lowest BCUT2D eigenvalue weighted by Gasteiger charge is -2.18. The molecule has 0 radical (unpaired) electrons. The van der Waals surface area contributed by atoms with E-state index in [1.54, 1.807) is 60.7 Å². The van der Waals surface area contributed by atoms with E-state index >= 15 is 0 Å². The van der Waals surface area contributed by atoms with Crippen LogP contribution in [0.1, 0.15) is 52.9 Å². The number of aromatic nitrogens is 4. The summed E-state index contributed by atoms with van der Waals surface area (Å²) in [5, 5.41) is 11.1. The third-order valence-electron chi connectivity index (χ3n) is 6.53. The number of anilines is 1. The van der Waals surface area contributed by atoms with E-state index in [1.807, 2.05) is 20.8 Å². The summed E-state index contributed by atoms with van der Waals surface area (Å²) in [6, 6.07) is 9.41. The first-order valence-corrected chi connectivity index (χ1v) is 12.5. The molecule has 0 unspecified atom stereocenters. The number of halogens is 3. The first-order valence-electron chi connectivity index (χ1n) is 12.5. The fraction of sp³-hybridized carbons (Fsp3) is 0.310. The molecule has 204 valence electrons. The van der Waals surface area contributed by atoms with E-state index in [9.17, 15) is 18.0 Å². The zero-order valence-electron chi connectivity index (χ0n) is 22.4. The van der Waals surface area contributed by atoms with E-state index in [-0.39, 0.29) is 16.8 Å². The van der Waals surface area contributed by atoms with Gasteiger partial charge in [-0.3, -0.25) is 9.78 Å². The molecule has 10 heteroatoms. The fourth-order valence-electron chi connectivity index (χ4n) is 4.23. The molecular weight excluding hydrogens is 507 g/mol. The van der Waals surface area contributed by atoms with E-state index in [1.165, 1.54) is 6.92 Å². The summed E-state index contributed by atoms with van der Waals surface area (Å²) in [4.78, 5) is 17.3. The van der Waals surface area contributed by atoms with Gasteiger partial charge in [-0.25, -0.2) is 4.68 Å². The number of ether oxygens (including phenoxy) is 1. The van der Waals surface area contributed by atoms with Crippen LogP contribution in [0.25, 0.3) is 16.9 Å². The van der Waals surface area contributed by atoms with Gasteiger partial charge in [-0.05, 0) is 79.6 Å².